The summed E-state index contributed by atoms with van der Waals surface area (Å²) in [5.74, 6) is -0.910. The van der Waals surface area contributed by atoms with Gasteiger partial charge in [0.15, 0.2) is 0 Å². The second-order valence-corrected chi connectivity index (χ2v) is 4.92. The summed E-state index contributed by atoms with van der Waals surface area (Å²) >= 11 is 0. The highest BCUT2D eigenvalue weighted by molar-refractivity contribution is 5.85. The summed E-state index contributed by atoms with van der Waals surface area (Å²) in [6.07, 6.45) is 6.75. The van der Waals surface area contributed by atoms with E-state index < -0.39 is 5.97 Å². The van der Waals surface area contributed by atoms with Crippen molar-refractivity contribution in [2.75, 3.05) is 7.05 Å². The lowest BCUT2D eigenvalue weighted by atomic mass is 9.91. The lowest BCUT2D eigenvalue weighted by Crippen LogP contribution is -2.36. The monoisotopic (exact) mass is 245 g/mol. The van der Waals surface area contributed by atoms with E-state index in [0.29, 0.717) is 0 Å². The predicted octanol–water partition coefficient (Wildman–Crippen LogP) is 2.77. The second kappa shape index (κ2) is 5.83. The van der Waals surface area contributed by atoms with E-state index in [2.05, 4.69) is 24.1 Å². The Labute approximate surface area is 108 Å². The van der Waals surface area contributed by atoms with Gasteiger partial charge in [-0.2, -0.15) is 0 Å². The quantitative estimate of drug-likeness (QED) is 0.811. The van der Waals surface area contributed by atoms with Crippen LogP contribution in [0.1, 0.15) is 30.4 Å². The molecule has 3 heteroatoms. The maximum Gasteiger partial charge on any atom is 0.328 e. The van der Waals surface area contributed by atoms with Gasteiger partial charge >= 0.3 is 5.97 Å². The van der Waals surface area contributed by atoms with E-state index in [1.54, 1.807) is 6.08 Å². The molecule has 0 unspecified atom stereocenters. The number of rotatable bonds is 5. The molecule has 3 nitrogen and oxygen atoms in total. The summed E-state index contributed by atoms with van der Waals surface area (Å²) in [7, 11) is 2.16. The average molecular weight is 245 g/mol. The summed E-state index contributed by atoms with van der Waals surface area (Å²) in [5, 5.41) is 8.61. The molecule has 0 aliphatic heterocycles. The molecular formula is C15H19NO2. The van der Waals surface area contributed by atoms with Crippen LogP contribution in [0.5, 0.6) is 0 Å². The number of carboxylic acids is 1. The average Bonchev–Trinajstić information content (AvgIpc) is 2.24. The number of hydrogen-bond acceptors (Lipinski definition) is 2. The molecule has 1 saturated carbocycles. The molecule has 0 radical (unpaired) electrons. The highest BCUT2D eigenvalue weighted by atomic mass is 16.4. The SMILES string of the molecule is CN(Cc1cccc(/C=C/C(=O)O)c1)C1CCC1. The lowest BCUT2D eigenvalue weighted by Gasteiger charge is -2.34. The zero-order chi connectivity index (χ0) is 13.0. The number of aliphatic carboxylic acids is 1. The van der Waals surface area contributed by atoms with E-state index in [9.17, 15) is 4.79 Å². The zero-order valence-electron chi connectivity index (χ0n) is 10.7. The van der Waals surface area contributed by atoms with Gasteiger partial charge in [0, 0.05) is 18.7 Å². The van der Waals surface area contributed by atoms with Crippen LogP contribution in [0, 0.1) is 0 Å². The van der Waals surface area contributed by atoms with E-state index >= 15 is 0 Å². The third-order valence-electron chi connectivity index (χ3n) is 3.50. The molecular weight excluding hydrogens is 226 g/mol. The number of carbonyl (C=O) groups is 1. The molecule has 96 valence electrons. The summed E-state index contributed by atoms with van der Waals surface area (Å²) in [6, 6.07) is 8.77. The van der Waals surface area contributed by atoms with Crippen LogP contribution >= 0.6 is 0 Å². The first-order chi connectivity index (χ1) is 8.65. The number of nitrogens with zero attached hydrogens (tertiary/aromatic N) is 1. The molecule has 0 bridgehead atoms. The van der Waals surface area contributed by atoms with Crippen LogP contribution in [0.25, 0.3) is 6.08 Å². The van der Waals surface area contributed by atoms with Crippen molar-refractivity contribution in [3.05, 3.63) is 41.5 Å². The topological polar surface area (TPSA) is 40.5 Å². The second-order valence-electron chi connectivity index (χ2n) is 4.92. The minimum Gasteiger partial charge on any atom is -0.478 e. The molecule has 1 N–H and O–H groups in total. The molecule has 0 heterocycles. The normalized spacial score (nSPS) is 16.1. The minimum absolute atomic E-state index is 0.725. The Balaban J connectivity index is 2.00. The van der Waals surface area contributed by atoms with Crippen molar-refractivity contribution in [1.29, 1.82) is 0 Å². The number of carboxylic acid groups (broad SMARTS) is 1. The molecule has 1 aliphatic rings. The van der Waals surface area contributed by atoms with E-state index in [-0.39, 0.29) is 0 Å². The van der Waals surface area contributed by atoms with E-state index in [1.165, 1.54) is 30.9 Å². The number of hydrogen-bond donors (Lipinski definition) is 1. The van der Waals surface area contributed by atoms with Crippen molar-refractivity contribution in [1.82, 2.24) is 4.90 Å². The minimum atomic E-state index is -0.910. The fourth-order valence-electron chi connectivity index (χ4n) is 2.21. The van der Waals surface area contributed by atoms with Crippen molar-refractivity contribution in [3.63, 3.8) is 0 Å². The summed E-state index contributed by atoms with van der Waals surface area (Å²) in [5.41, 5.74) is 2.17. The largest absolute Gasteiger partial charge is 0.478 e. The van der Waals surface area contributed by atoms with Gasteiger partial charge in [-0.15, -0.1) is 0 Å². The van der Waals surface area contributed by atoms with Gasteiger partial charge in [0.2, 0.25) is 0 Å². The Bertz CT molecular complexity index is 450. The summed E-state index contributed by atoms with van der Waals surface area (Å²) < 4.78 is 0. The standard InChI is InChI=1S/C15H19NO2/c1-16(14-6-3-7-14)11-13-5-2-4-12(10-13)8-9-15(17)18/h2,4-5,8-10,14H,3,6-7,11H2,1H3,(H,17,18)/b9-8+. The highest BCUT2D eigenvalue weighted by Crippen LogP contribution is 2.24. The van der Waals surface area contributed by atoms with Crippen molar-refractivity contribution in [2.45, 2.75) is 31.8 Å². The van der Waals surface area contributed by atoms with E-state index in [1.807, 2.05) is 12.1 Å². The fourth-order valence-corrected chi connectivity index (χ4v) is 2.21. The van der Waals surface area contributed by atoms with E-state index in [4.69, 9.17) is 5.11 Å². The van der Waals surface area contributed by atoms with Crippen LogP contribution in [0.2, 0.25) is 0 Å². The first-order valence-electron chi connectivity index (χ1n) is 6.35. The zero-order valence-corrected chi connectivity index (χ0v) is 10.7. The van der Waals surface area contributed by atoms with Gasteiger partial charge in [-0.05, 0) is 37.1 Å². The van der Waals surface area contributed by atoms with Gasteiger partial charge in [-0.3, -0.25) is 4.90 Å². The summed E-state index contributed by atoms with van der Waals surface area (Å²) in [4.78, 5) is 12.9. The van der Waals surface area contributed by atoms with Crippen molar-refractivity contribution in [3.8, 4) is 0 Å². The van der Waals surface area contributed by atoms with Crippen LogP contribution in [0.15, 0.2) is 30.3 Å². The molecule has 1 aliphatic carbocycles. The van der Waals surface area contributed by atoms with Crippen LogP contribution in [-0.4, -0.2) is 29.1 Å². The van der Waals surface area contributed by atoms with Gasteiger partial charge < -0.3 is 5.11 Å². The Morgan fingerprint density at radius 3 is 2.89 bits per heavy atom. The molecule has 0 amide bonds. The van der Waals surface area contributed by atoms with Crippen LogP contribution < -0.4 is 0 Å². The molecule has 1 fully saturated rings. The predicted molar refractivity (Wildman–Crippen MR) is 72.2 cm³/mol. The molecule has 1 aromatic carbocycles. The molecule has 2 rings (SSSR count). The third-order valence-corrected chi connectivity index (χ3v) is 3.50. The highest BCUT2D eigenvalue weighted by Gasteiger charge is 2.21. The van der Waals surface area contributed by atoms with Gasteiger partial charge in [-0.25, -0.2) is 4.79 Å². The summed E-state index contributed by atoms with van der Waals surface area (Å²) in [6.45, 7) is 0.930. The molecule has 0 atom stereocenters. The van der Waals surface area contributed by atoms with Crippen LogP contribution in [-0.2, 0) is 11.3 Å². The Kier molecular flexibility index (Phi) is 4.15. The molecule has 1 aromatic rings. The van der Waals surface area contributed by atoms with Gasteiger partial charge in [-0.1, -0.05) is 30.7 Å². The fraction of sp³-hybridized carbons (Fsp3) is 0.400. The van der Waals surface area contributed by atoms with Crippen LogP contribution in [0.4, 0.5) is 0 Å². The van der Waals surface area contributed by atoms with Gasteiger partial charge in [0.1, 0.15) is 0 Å². The molecule has 0 spiro atoms. The Morgan fingerprint density at radius 1 is 1.50 bits per heavy atom. The first kappa shape index (κ1) is 12.8. The maximum absolute atomic E-state index is 10.5. The van der Waals surface area contributed by atoms with E-state index in [0.717, 1.165) is 18.2 Å². The van der Waals surface area contributed by atoms with Gasteiger partial charge in [0.05, 0.1) is 0 Å². The Morgan fingerprint density at radius 2 is 2.28 bits per heavy atom. The van der Waals surface area contributed by atoms with Crippen molar-refractivity contribution < 1.29 is 9.90 Å². The lowest BCUT2D eigenvalue weighted by molar-refractivity contribution is -0.131. The smallest absolute Gasteiger partial charge is 0.328 e. The number of benzene rings is 1. The van der Waals surface area contributed by atoms with Crippen LogP contribution in [0.3, 0.4) is 0 Å². The van der Waals surface area contributed by atoms with Gasteiger partial charge in [0.25, 0.3) is 0 Å². The third kappa shape index (κ3) is 3.44. The van der Waals surface area contributed by atoms with Crippen molar-refractivity contribution >= 4 is 12.0 Å². The van der Waals surface area contributed by atoms with Crippen molar-refractivity contribution in [2.24, 2.45) is 0 Å². The molecule has 0 saturated heterocycles. The Hall–Kier alpha value is -1.61. The molecule has 0 aromatic heterocycles. The first-order valence-corrected chi connectivity index (χ1v) is 6.35. The maximum atomic E-state index is 10.5. The molecule has 18 heavy (non-hydrogen) atoms.